The minimum absolute atomic E-state index is 0.0160. The van der Waals surface area contributed by atoms with E-state index in [1.165, 1.54) is 23.1 Å². The lowest BCUT2D eigenvalue weighted by Crippen LogP contribution is -2.41. The maximum absolute atomic E-state index is 12.3. The normalized spacial score (nSPS) is 15.0. The average Bonchev–Trinajstić information content (AvgIpc) is 3.07. The summed E-state index contributed by atoms with van der Waals surface area (Å²) >= 11 is 2.77. The number of rotatable bonds is 6. The van der Waals surface area contributed by atoms with Crippen LogP contribution in [0.3, 0.4) is 0 Å². The molecule has 7 nitrogen and oxygen atoms in total. The van der Waals surface area contributed by atoms with Crippen molar-refractivity contribution in [3.63, 3.8) is 0 Å². The number of carbonyl (C=O) groups excluding carboxylic acids is 1. The van der Waals surface area contributed by atoms with Crippen LogP contribution in [0.1, 0.15) is 18.4 Å². The number of aryl methyl sites for hydroxylation is 1. The zero-order valence-corrected chi connectivity index (χ0v) is 16.0. The van der Waals surface area contributed by atoms with Crippen LogP contribution in [-0.4, -0.2) is 50.9 Å². The number of hydrogen-bond acceptors (Lipinski definition) is 7. The van der Waals surface area contributed by atoms with Crippen molar-refractivity contribution in [1.82, 2.24) is 15.1 Å². The van der Waals surface area contributed by atoms with Gasteiger partial charge in [0.05, 0.1) is 11.7 Å². The molecule has 2 aromatic rings. The summed E-state index contributed by atoms with van der Waals surface area (Å²) in [6.45, 7) is 3.04. The van der Waals surface area contributed by atoms with Crippen LogP contribution < -0.4 is 5.32 Å². The Hall–Kier alpha value is -2.13. The highest BCUT2D eigenvalue weighted by Gasteiger charge is 2.27. The van der Waals surface area contributed by atoms with Crippen molar-refractivity contribution in [3.05, 3.63) is 29.8 Å². The second kappa shape index (κ2) is 8.50. The molecule has 9 heteroatoms. The van der Waals surface area contributed by atoms with Crippen LogP contribution >= 0.6 is 23.1 Å². The van der Waals surface area contributed by atoms with Gasteiger partial charge in [0.25, 0.3) is 0 Å². The Morgan fingerprint density at radius 2 is 2.12 bits per heavy atom. The van der Waals surface area contributed by atoms with Crippen LogP contribution in [0.25, 0.3) is 0 Å². The number of amides is 1. The summed E-state index contributed by atoms with van der Waals surface area (Å²) < 4.78 is 0.730. The number of piperidine rings is 1. The second-order valence-electron chi connectivity index (χ2n) is 6.15. The zero-order chi connectivity index (χ0) is 18.5. The van der Waals surface area contributed by atoms with Gasteiger partial charge in [-0.15, -0.1) is 10.2 Å². The van der Waals surface area contributed by atoms with Gasteiger partial charge in [-0.3, -0.25) is 9.59 Å². The van der Waals surface area contributed by atoms with E-state index in [0.29, 0.717) is 31.1 Å². The van der Waals surface area contributed by atoms with E-state index in [1.54, 1.807) is 4.90 Å². The third-order valence-corrected chi connectivity index (χ3v) is 6.15. The number of nitrogens with zero attached hydrogens (tertiary/aromatic N) is 3. The van der Waals surface area contributed by atoms with Crippen LogP contribution in [0.15, 0.2) is 28.6 Å². The Balaban J connectivity index is 1.47. The number of nitrogens with one attached hydrogen (secondary N) is 1. The molecule has 1 aliphatic rings. The molecule has 0 bridgehead atoms. The van der Waals surface area contributed by atoms with Gasteiger partial charge in [0, 0.05) is 18.8 Å². The van der Waals surface area contributed by atoms with E-state index < -0.39 is 5.97 Å². The molecule has 3 rings (SSSR count). The molecule has 1 amide bonds. The number of likely N-dealkylation sites (tertiary alicyclic amines) is 1. The lowest BCUT2D eigenvalue weighted by atomic mass is 9.97. The van der Waals surface area contributed by atoms with Crippen molar-refractivity contribution in [2.24, 2.45) is 5.92 Å². The Morgan fingerprint density at radius 3 is 2.81 bits per heavy atom. The summed E-state index contributed by atoms with van der Waals surface area (Å²) in [4.78, 5) is 25.0. The van der Waals surface area contributed by atoms with E-state index in [1.807, 2.05) is 31.2 Å². The fourth-order valence-corrected chi connectivity index (χ4v) is 4.43. The Labute approximate surface area is 159 Å². The lowest BCUT2D eigenvalue weighted by molar-refractivity contribution is -0.145. The molecule has 1 aromatic carbocycles. The van der Waals surface area contributed by atoms with Gasteiger partial charge in [0.15, 0.2) is 4.34 Å². The quantitative estimate of drug-likeness (QED) is 0.730. The number of carboxylic acids is 1. The number of benzene rings is 1. The smallest absolute Gasteiger partial charge is 0.306 e. The first-order chi connectivity index (χ1) is 12.5. The zero-order valence-electron chi connectivity index (χ0n) is 14.3. The van der Waals surface area contributed by atoms with Gasteiger partial charge in [-0.1, -0.05) is 35.2 Å². The van der Waals surface area contributed by atoms with Gasteiger partial charge >= 0.3 is 5.97 Å². The Kier molecular flexibility index (Phi) is 6.10. The summed E-state index contributed by atoms with van der Waals surface area (Å²) in [5.74, 6) is -0.794. The number of anilines is 2. The molecular formula is C17H20N4O3S2. The first kappa shape index (κ1) is 18.7. The largest absolute Gasteiger partial charge is 0.481 e. The minimum atomic E-state index is -0.769. The number of hydrogen-bond donors (Lipinski definition) is 2. The third-order valence-electron chi connectivity index (χ3n) is 4.19. The lowest BCUT2D eigenvalue weighted by Gasteiger charge is -2.29. The highest BCUT2D eigenvalue weighted by molar-refractivity contribution is 8.01. The van der Waals surface area contributed by atoms with Gasteiger partial charge in [-0.25, -0.2) is 0 Å². The van der Waals surface area contributed by atoms with Crippen LogP contribution in [-0.2, 0) is 9.59 Å². The standard InChI is InChI=1S/C17H20N4O3S2/c1-11-3-2-4-13(9-11)18-16-19-20-17(26-16)25-10-14(22)21-7-5-12(6-8-21)15(23)24/h2-4,9,12H,5-8,10H2,1H3,(H,18,19)(H,23,24). The van der Waals surface area contributed by atoms with E-state index in [4.69, 9.17) is 5.11 Å². The fraction of sp³-hybridized carbons (Fsp3) is 0.412. The molecule has 138 valence electrons. The summed E-state index contributed by atoms with van der Waals surface area (Å²) in [6.07, 6.45) is 1.05. The first-order valence-corrected chi connectivity index (χ1v) is 10.1. The Bertz CT molecular complexity index is 788. The number of thioether (sulfide) groups is 1. The van der Waals surface area contributed by atoms with E-state index in [0.717, 1.165) is 15.6 Å². The van der Waals surface area contributed by atoms with Gasteiger partial charge in [0.1, 0.15) is 0 Å². The highest BCUT2D eigenvalue weighted by atomic mass is 32.2. The minimum Gasteiger partial charge on any atom is -0.481 e. The van der Waals surface area contributed by atoms with Crippen LogP contribution in [0, 0.1) is 12.8 Å². The molecule has 1 saturated heterocycles. The van der Waals surface area contributed by atoms with Crippen LogP contribution in [0.5, 0.6) is 0 Å². The van der Waals surface area contributed by atoms with E-state index >= 15 is 0 Å². The topological polar surface area (TPSA) is 95.4 Å². The Morgan fingerprint density at radius 1 is 1.35 bits per heavy atom. The molecular weight excluding hydrogens is 372 g/mol. The maximum atomic E-state index is 12.3. The predicted octanol–water partition coefficient (Wildman–Crippen LogP) is 3.01. The molecule has 0 aliphatic carbocycles. The monoisotopic (exact) mass is 392 g/mol. The van der Waals surface area contributed by atoms with Gasteiger partial charge in [-0.05, 0) is 37.5 Å². The number of aromatic nitrogens is 2. The van der Waals surface area contributed by atoms with Crippen molar-refractivity contribution < 1.29 is 14.7 Å². The summed E-state index contributed by atoms with van der Waals surface area (Å²) in [6, 6.07) is 7.99. The number of aliphatic carboxylic acids is 1. The van der Waals surface area contributed by atoms with Gasteiger partial charge in [-0.2, -0.15) is 0 Å². The van der Waals surface area contributed by atoms with E-state index in [2.05, 4.69) is 15.5 Å². The summed E-state index contributed by atoms with van der Waals surface area (Å²) in [5.41, 5.74) is 2.11. The maximum Gasteiger partial charge on any atom is 0.306 e. The number of carbonyl (C=O) groups is 2. The first-order valence-electron chi connectivity index (χ1n) is 8.32. The molecule has 26 heavy (non-hydrogen) atoms. The summed E-state index contributed by atoms with van der Waals surface area (Å²) in [5, 5.41) is 21.1. The average molecular weight is 393 g/mol. The molecule has 0 radical (unpaired) electrons. The molecule has 1 aromatic heterocycles. The van der Waals surface area contributed by atoms with Crippen molar-refractivity contribution in [2.45, 2.75) is 24.1 Å². The SMILES string of the molecule is Cc1cccc(Nc2nnc(SCC(=O)N3CCC(C(=O)O)CC3)s2)c1. The molecule has 0 saturated carbocycles. The fourth-order valence-electron chi connectivity index (χ4n) is 2.76. The molecule has 1 aliphatic heterocycles. The van der Waals surface area contributed by atoms with Crippen molar-refractivity contribution in [1.29, 1.82) is 0 Å². The van der Waals surface area contributed by atoms with Gasteiger partial charge < -0.3 is 15.3 Å². The predicted molar refractivity (Wildman–Crippen MR) is 102 cm³/mol. The summed E-state index contributed by atoms with van der Waals surface area (Å²) in [7, 11) is 0. The van der Waals surface area contributed by atoms with Crippen molar-refractivity contribution in [3.8, 4) is 0 Å². The van der Waals surface area contributed by atoms with Crippen molar-refractivity contribution in [2.75, 3.05) is 24.2 Å². The van der Waals surface area contributed by atoms with Crippen molar-refractivity contribution >= 4 is 45.8 Å². The van der Waals surface area contributed by atoms with Crippen LogP contribution in [0.2, 0.25) is 0 Å². The van der Waals surface area contributed by atoms with Gasteiger partial charge in [0.2, 0.25) is 11.0 Å². The van der Waals surface area contributed by atoms with E-state index in [-0.39, 0.29) is 17.6 Å². The van der Waals surface area contributed by atoms with Crippen LogP contribution in [0.4, 0.5) is 10.8 Å². The molecule has 2 N–H and O–H groups in total. The third kappa shape index (κ3) is 4.95. The molecule has 0 spiro atoms. The molecule has 0 unspecified atom stereocenters. The molecule has 1 fully saturated rings. The van der Waals surface area contributed by atoms with E-state index in [9.17, 15) is 9.59 Å². The number of carboxylic acid groups (broad SMARTS) is 1. The second-order valence-corrected chi connectivity index (χ2v) is 8.35. The molecule has 2 heterocycles. The molecule has 0 atom stereocenters. The highest BCUT2D eigenvalue weighted by Crippen LogP contribution is 2.28.